The van der Waals surface area contributed by atoms with Crippen LogP contribution in [0.4, 0.5) is 10.1 Å². The van der Waals surface area contributed by atoms with E-state index in [-0.39, 0.29) is 5.82 Å². The molecule has 1 heterocycles. The molecule has 0 unspecified atom stereocenters. The van der Waals surface area contributed by atoms with Crippen LogP contribution >= 0.6 is 12.2 Å². The van der Waals surface area contributed by atoms with Crippen molar-refractivity contribution in [1.29, 1.82) is 0 Å². The van der Waals surface area contributed by atoms with E-state index in [0.717, 1.165) is 43.5 Å². The van der Waals surface area contributed by atoms with E-state index in [1.807, 2.05) is 0 Å². The van der Waals surface area contributed by atoms with Gasteiger partial charge in [-0.05, 0) is 43.0 Å². The molecule has 0 atom stereocenters. The summed E-state index contributed by atoms with van der Waals surface area (Å²) in [7, 11) is 0. The van der Waals surface area contributed by atoms with Crippen molar-refractivity contribution in [1.82, 2.24) is 9.80 Å². The van der Waals surface area contributed by atoms with Gasteiger partial charge in [0.1, 0.15) is 5.82 Å². The Bertz CT molecular complexity index is 399. The van der Waals surface area contributed by atoms with Crippen LogP contribution in [0.15, 0.2) is 24.3 Å². The number of nitrogens with zero attached hydrogens (tertiary/aromatic N) is 2. The van der Waals surface area contributed by atoms with Gasteiger partial charge in [-0.15, -0.1) is 0 Å². The molecule has 0 radical (unpaired) electrons. The number of anilines is 1. The van der Waals surface area contributed by atoms with E-state index in [1.165, 1.54) is 12.1 Å². The monoisotopic (exact) mass is 267 g/mol. The van der Waals surface area contributed by atoms with Gasteiger partial charge in [-0.3, -0.25) is 0 Å². The lowest BCUT2D eigenvalue weighted by Gasteiger charge is -2.35. The number of benzene rings is 1. The van der Waals surface area contributed by atoms with E-state index >= 15 is 0 Å². The lowest BCUT2D eigenvalue weighted by Crippen LogP contribution is -2.49. The van der Waals surface area contributed by atoms with Gasteiger partial charge < -0.3 is 15.1 Å². The Balaban J connectivity index is 1.87. The number of hydrogen-bond donors (Lipinski definition) is 1. The number of hydrogen-bond acceptors (Lipinski definition) is 2. The molecule has 0 spiro atoms. The first kappa shape index (κ1) is 13.2. The molecule has 0 bridgehead atoms. The van der Waals surface area contributed by atoms with Crippen LogP contribution in [0.2, 0.25) is 0 Å². The molecule has 1 fully saturated rings. The quantitative estimate of drug-likeness (QED) is 0.827. The molecule has 0 saturated carbocycles. The molecule has 0 aliphatic carbocycles. The molecular formula is C13H18FN3S. The fourth-order valence-electron chi connectivity index (χ4n) is 2.00. The maximum Gasteiger partial charge on any atom is 0.173 e. The molecule has 5 heteroatoms. The molecule has 1 aliphatic heterocycles. The minimum Gasteiger partial charge on any atom is -0.346 e. The average Bonchev–Trinajstić information content (AvgIpc) is 2.41. The summed E-state index contributed by atoms with van der Waals surface area (Å²) >= 11 is 5.37. The van der Waals surface area contributed by atoms with Gasteiger partial charge in [-0.25, -0.2) is 4.39 Å². The second kappa shape index (κ2) is 6.11. The minimum absolute atomic E-state index is 0.233. The smallest absolute Gasteiger partial charge is 0.173 e. The zero-order valence-corrected chi connectivity index (χ0v) is 11.3. The SMILES string of the molecule is CCN1CCN(C(=S)Nc2ccc(F)cc2)CC1. The molecule has 3 nitrogen and oxygen atoms in total. The van der Waals surface area contributed by atoms with E-state index in [2.05, 4.69) is 22.0 Å². The molecule has 0 amide bonds. The molecule has 18 heavy (non-hydrogen) atoms. The van der Waals surface area contributed by atoms with Gasteiger partial charge in [-0.1, -0.05) is 6.92 Å². The van der Waals surface area contributed by atoms with Crippen LogP contribution in [-0.4, -0.2) is 47.6 Å². The van der Waals surface area contributed by atoms with Crippen molar-refractivity contribution in [2.75, 3.05) is 38.0 Å². The van der Waals surface area contributed by atoms with Gasteiger partial charge in [0.2, 0.25) is 0 Å². The molecule has 1 N–H and O–H groups in total. The Morgan fingerprint density at radius 1 is 1.22 bits per heavy atom. The zero-order valence-electron chi connectivity index (χ0n) is 10.5. The van der Waals surface area contributed by atoms with Crippen LogP contribution in [0.5, 0.6) is 0 Å². The number of halogens is 1. The van der Waals surface area contributed by atoms with Gasteiger partial charge in [0.05, 0.1) is 0 Å². The van der Waals surface area contributed by atoms with Gasteiger partial charge >= 0.3 is 0 Å². The largest absolute Gasteiger partial charge is 0.346 e. The van der Waals surface area contributed by atoms with Crippen LogP contribution in [0.25, 0.3) is 0 Å². The number of rotatable bonds is 2. The van der Waals surface area contributed by atoms with Crippen molar-refractivity contribution in [2.45, 2.75) is 6.92 Å². The van der Waals surface area contributed by atoms with Crippen molar-refractivity contribution in [3.8, 4) is 0 Å². The number of nitrogens with one attached hydrogen (secondary N) is 1. The first-order valence-corrected chi connectivity index (χ1v) is 6.63. The number of likely N-dealkylation sites (N-methyl/N-ethyl adjacent to an activating group) is 1. The maximum absolute atomic E-state index is 12.8. The standard InChI is InChI=1S/C13H18FN3S/c1-2-16-7-9-17(10-8-16)13(18)15-12-5-3-11(14)4-6-12/h3-6H,2,7-10H2,1H3,(H,15,18). The highest BCUT2D eigenvalue weighted by atomic mass is 32.1. The first-order chi connectivity index (χ1) is 8.69. The van der Waals surface area contributed by atoms with Gasteiger partial charge in [-0.2, -0.15) is 0 Å². The van der Waals surface area contributed by atoms with Crippen LogP contribution in [0.3, 0.4) is 0 Å². The molecule has 1 aromatic rings. The minimum atomic E-state index is -0.233. The fourth-order valence-corrected chi connectivity index (χ4v) is 2.30. The summed E-state index contributed by atoms with van der Waals surface area (Å²) < 4.78 is 12.8. The maximum atomic E-state index is 12.8. The van der Waals surface area contributed by atoms with Crippen molar-refractivity contribution in [2.24, 2.45) is 0 Å². The van der Waals surface area contributed by atoms with Crippen molar-refractivity contribution in [3.63, 3.8) is 0 Å². The van der Waals surface area contributed by atoms with Crippen molar-refractivity contribution in [3.05, 3.63) is 30.1 Å². The van der Waals surface area contributed by atoms with E-state index in [0.29, 0.717) is 0 Å². The van der Waals surface area contributed by atoms with Crippen LogP contribution < -0.4 is 5.32 Å². The van der Waals surface area contributed by atoms with Gasteiger partial charge in [0.15, 0.2) is 5.11 Å². The first-order valence-electron chi connectivity index (χ1n) is 6.23. The molecule has 2 rings (SSSR count). The third-order valence-electron chi connectivity index (χ3n) is 3.20. The molecule has 1 aromatic carbocycles. The second-order valence-corrected chi connectivity index (χ2v) is 4.75. The third kappa shape index (κ3) is 3.40. The zero-order chi connectivity index (χ0) is 13.0. The van der Waals surface area contributed by atoms with Gasteiger partial charge in [0.25, 0.3) is 0 Å². The summed E-state index contributed by atoms with van der Waals surface area (Å²) in [6.07, 6.45) is 0. The molecule has 98 valence electrons. The van der Waals surface area contributed by atoms with Gasteiger partial charge in [0, 0.05) is 31.9 Å². The Kier molecular flexibility index (Phi) is 4.49. The Morgan fingerprint density at radius 3 is 2.39 bits per heavy atom. The summed E-state index contributed by atoms with van der Waals surface area (Å²) in [6, 6.07) is 6.26. The summed E-state index contributed by atoms with van der Waals surface area (Å²) in [5.41, 5.74) is 0.833. The summed E-state index contributed by atoms with van der Waals surface area (Å²) in [5, 5.41) is 3.86. The number of thiocarbonyl (C=S) groups is 1. The number of piperazine rings is 1. The summed E-state index contributed by atoms with van der Waals surface area (Å²) in [4.78, 5) is 4.56. The summed E-state index contributed by atoms with van der Waals surface area (Å²) in [6.45, 7) is 7.24. The highest BCUT2D eigenvalue weighted by Crippen LogP contribution is 2.10. The van der Waals surface area contributed by atoms with Crippen LogP contribution in [0, 0.1) is 5.82 Å². The second-order valence-electron chi connectivity index (χ2n) is 4.36. The molecule has 1 saturated heterocycles. The lowest BCUT2D eigenvalue weighted by atomic mass is 10.3. The van der Waals surface area contributed by atoms with Crippen molar-refractivity contribution >= 4 is 23.0 Å². The summed E-state index contributed by atoms with van der Waals surface area (Å²) in [5.74, 6) is -0.233. The lowest BCUT2D eigenvalue weighted by molar-refractivity contribution is 0.191. The highest BCUT2D eigenvalue weighted by molar-refractivity contribution is 7.80. The average molecular weight is 267 g/mol. The van der Waals surface area contributed by atoms with E-state index < -0.39 is 0 Å². The Morgan fingerprint density at radius 2 is 1.83 bits per heavy atom. The predicted octanol–water partition coefficient (Wildman–Crippen LogP) is 2.16. The van der Waals surface area contributed by atoms with Crippen LogP contribution in [-0.2, 0) is 0 Å². The van der Waals surface area contributed by atoms with Crippen molar-refractivity contribution < 1.29 is 4.39 Å². The third-order valence-corrected chi connectivity index (χ3v) is 3.56. The van der Waals surface area contributed by atoms with Crippen LogP contribution in [0.1, 0.15) is 6.92 Å². The van der Waals surface area contributed by atoms with E-state index in [4.69, 9.17) is 12.2 Å². The van der Waals surface area contributed by atoms with E-state index in [9.17, 15) is 4.39 Å². The topological polar surface area (TPSA) is 18.5 Å². The molecule has 1 aliphatic rings. The Labute approximate surface area is 113 Å². The fraction of sp³-hybridized carbons (Fsp3) is 0.462. The highest BCUT2D eigenvalue weighted by Gasteiger charge is 2.17. The van der Waals surface area contributed by atoms with E-state index in [1.54, 1.807) is 12.1 Å². The normalized spacial score (nSPS) is 16.7. The molecular weight excluding hydrogens is 249 g/mol. The predicted molar refractivity (Wildman–Crippen MR) is 76.3 cm³/mol. The molecule has 0 aromatic heterocycles. The Hall–Kier alpha value is -1.20.